The first-order valence-electron chi connectivity index (χ1n) is 7.32. The third kappa shape index (κ3) is 3.59. The first-order chi connectivity index (χ1) is 11.0. The van der Waals surface area contributed by atoms with Gasteiger partial charge in [0.25, 0.3) is 0 Å². The molecule has 1 heterocycles. The molecule has 6 nitrogen and oxygen atoms in total. The minimum atomic E-state index is -0.907. The van der Waals surface area contributed by atoms with E-state index in [1.807, 2.05) is 6.92 Å². The van der Waals surface area contributed by atoms with Gasteiger partial charge >= 0.3 is 5.97 Å². The smallest absolute Gasteiger partial charge is 0.344 e. The van der Waals surface area contributed by atoms with Crippen molar-refractivity contribution in [2.75, 3.05) is 7.11 Å². The van der Waals surface area contributed by atoms with Crippen LogP contribution in [0.3, 0.4) is 0 Å². The summed E-state index contributed by atoms with van der Waals surface area (Å²) in [6, 6.07) is 6.63. The molecule has 0 saturated heterocycles. The van der Waals surface area contributed by atoms with Crippen LogP contribution in [0.4, 0.5) is 0 Å². The number of nitrogens with zero attached hydrogens (tertiary/aromatic N) is 1. The van der Waals surface area contributed by atoms with Crippen LogP contribution in [0.25, 0.3) is 0 Å². The Morgan fingerprint density at radius 3 is 2.48 bits per heavy atom. The fourth-order valence-corrected chi connectivity index (χ4v) is 2.18. The van der Waals surface area contributed by atoms with E-state index in [2.05, 4.69) is 5.16 Å². The van der Waals surface area contributed by atoms with E-state index in [0.717, 1.165) is 0 Å². The maximum absolute atomic E-state index is 12.3. The zero-order chi connectivity index (χ0) is 17.0. The molecule has 0 fully saturated rings. The summed E-state index contributed by atoms with van der Waals surface area (Å²) in [7, 11) is 1.55. The Morgan fingerprint density at radius 1 is 1.26 bits per heavy atom. The van der Waals surface area contributed by atoms with Gasteiger partial charge in [-0.05, 0) is 44.5 Å². The van der Waals surface area contributed by atoms with Gasteiger partial charge < -0.3 is 14.0 Å². The molecule has 1 aromatic carbocycles. The molecule has 0 unspecified atom stereocenters. The van der Waals surface area contributed by atoms with Crippen molar-refractivity contribution in [3.63, 3.8) is 0 Å². The van der Waals surface area contributed by atoms with Crippen LogP contribution in [-0.4, -0.2) is 30.1 Å². The number of aryl methyl sites for hydroxylation is 2. The number of rotatable bonds is 6. The summed E-state index contributed by atoms with van der Waals surface area (Å²) in [6.07, 6.45) is -0.363. The first-order valence-corrected chi connectivity index (χ1v) is 7.32. The van der Waals surface area contributed by atoms with Crippen molar-refractivity contribution in [1.29, 1.82) is 0 Å². The van der Waals surface area contributed by atoms with E-state index in [1.54, 1.807) is 45.2 Å². The number of ether oxygens (including phenoxy) is 2. The van der Waals surface area contributed by atoms with E-state index in [1.165, 1.54) is 0 Å². The minimum Gasteiger partial charge on any atom is -0.497 e. The quantitative estimate of drug-likeness (QED) is 0.602. The van der Waals surface area contributed by atoms with Crippen LogP contribution in [0.2, 0.25) is 0 Å². The third-order valence-electron chi connectivity index (χ3n) is 3.50. The van der Waals surface area contributed by atoms with E-state index < -0.39 is 12.1 Å². The number of aromatic nitrogens is 1. The Bertz CT molecular complexity index is 702. The Labute approximate surface area is 134 Å². The van der Waals surface area contributed by atoms with Gasteiger partial charge in [-0.15, -0.1) is 0 Å². The van der Waals surface area contributed by atoms with E-state index >= 15 is 0 Å². The number of hydrogen-bond donors (Lipinski definition) is 0. The lowest BCUT2D eigenvalue weighted by Gasteiger charge is -2.12. The predicted molar refractivity (Wildman–Crippen MR) is 82.8 cm³/mol. The van der Waals surface area contributed by atoms with Gasteiger partial charge in [-0.3, -0.25) is 4.79 Å². The number of hydrogen-bond acceptors (Lipinski definition) is 6. The Balaban J connectivity index is 2.10. The second kappa shape index (κ2) is 7.09. The van der Waals surface area contributed by atoms with E-state index in [0.29, 0.717) is 34.8 Å². The molecule has 0 radical (unpaired) electrons. The number of carbonyl (C=O) groups excluding carboxylic acids is 2. The fourth-order valence-electron chi connectivity index (χ4n) is 2.18. The molecule has 2 rings (SSSR count). The van der Waals surface area contributed by atoms with Crippen LogP contribution in [0.1, 0.15) is 46.0 Å². The van der Waals surface area contributed by atoms with Crippen molar-refractivity contribution in [1.82, 2.24) is 5.16 Å². The topological polar surface area (TPSA) is 78.6 Å². The lowest BCUT2D eigenvalue weighted by Crippen LogP contribution is -2.25. The maximum atomic E-state index is 12.3. The van der Waals surface area contributed by atoms with E-state index in [4.69, 9.17) is 14.0 Å². The summed E-state index contributed by atoms with van der Waals surface area (Å²) in [5.74, 6) is 0.151. The SMILES string of the molecule is CCc1noc(C)c1C(=O)O[C@@H](C)C(=O)c1ccc(OC)cc1. The lowest BCUT2D eigenvalue weighted by atomic mass is 10.1. The van der Waals surface area contributed by atoms with Gasteiger partial charge in [0.15, 0.2) is 6.10 Å². The highest BCUT2D eigenvalue weighted by molar-refractivity contribution is 6.01. The molecule has 0 aliphatic carbocycles. The van der Waals surface area contributed by atoms with Crippen LogP contribution >= 0.6 is 0 Å². The summed E-state index contributed by atoms with van der Waals surface area (Å²) < 4.78 is 15.3. The zero-order valence-corrected chi connectivity index (χ0v) is 13.6. The zero-order valence-electron chi connectivity index (χ0n) is 13.6. The van der Waals surface area contributed by atoms with Gasteiger partial charge in [0.1, 0.15) is 17.1 Å². The maximum Gasteiger partial charge on any atom is 0.344 e. The first kappa shape index (κ1) is 16.7. The van der Waals surface area contributed by atoms with Crippen LogP contribution < -0.4 is 4.74 Å². The molecular weight excluding hydrogens is 298 g/mol. The van der Waals surface area contributed by atoms with Crippen LogP contribution in [0, 0.1) is 6.92 Å². The van der Waals surface area contributed by atoms with Gasteiger partial charge in [0.05, 0.1) is 12.8 Å². The van der Waals surface area contributed by atoms with Gasteiger partial charge in [-0.25, -0.2) is 4.79 Å². The highest BCUT2D eigenvalue weighted by Crippen LogP contribution is 2.18. The summed E-state index contributed by atoms with van der Waals surface area (Å²) in [4.78, 5) is 24.6. The minimum absolute atomic E-state index is 0.284. The van der Waals surface area contributed by atoms with Crippen LogP contribution in [-0.2, 0) is 11.2 Å². The molecule has 23 heavy (non-hydrogen) atoms. The summed E-state index contributed by atoms with van der Waals surface area (Å²) in [5, 5.41) is 3.81. The second-order valence-electron chi connectivity index (χ2n) is 5.05. The Hall–Kier alpha value is -2.63. The van der Waals surface area contributed by atoms with Crippen molar-refractivity contribution in [3.8, 4) is 5.75 Å². The molecule has 0 amide bonds. The number of esters is 1. The molecule has 122 valence electrons. The molecule has 0 N–H and O–H groups in total. The van der Waals surface area contributed by atoms with Gasteiger partial charge in [0.2, 0.25) is 5.78 Å². The van der Waals surface area contributed by atoms with Gasteiger partial charge in [0, 0.05) is 5.56 Å². The highest BCUT2D eigenvalue weighted by atomic mass is 16.5. The number of ketones is 1. The van der Waals surface area contributed by atoms with Crippen molar-refractivity contribution < 1.29 is 23.6 Å². The van der Waals surface area contributed by atoms with Crippen LogP contribution in [0.15, 0.2) is 28.8 Å². The molecule has 0 aliphatic heterocycles. The van der Waals surface area contributed by atoms with Crippen molar-refractivity contribution in [3.05, 3.63) is 46.8 Å². The predicted octanol–water partition coefficient (Wildman–Crippen LogP) is 2.98. The Kier molecular flexibility index (Phi) is 5.16. The van der Waals surface area contributed by atoms with E-state index in [-0.39, 0.29) is 5.78 Å². The molecular formula is C17H19NO5. The molecule has 1 aromatic heterocycles. The lowest BCUT2D eigenvalue weighted by molar-refractivity contribution is 0.0316. The summed E-state index contributed by atoms with van der Waals surface area (Å²) >= 11 is 0. The van der Waals surface area contributed by atoms with Gasteiger partial charge in [-0.2, -0.15) is 0 Å². The third-order valence-corrected chi connectivity index (χ3v) is 3.50. The number of Topliss-reactive ketones (excluding diaryl/α,β-unsaturated/α-hetero) is 1. The highest BCUT2D eigenvalue weighted by Gasteiger charge is 2.25. The van der Waals surface area contributed by atoms with E-state index in [9.17, 15) is 9.59 Å². The monoisotopic (exact) mass is 317 g/mol. The summed E-state index contributed by atoms with van der Waals surface area (Å²) in [6.45, 7) is 5.04. The van der Waals surface area contributed by atoms with Crippen molar-refractivity contribution in [2.45, 2.75) is 33.3 Å². The number of benzene rings is 1. The molecule has 6 heteroatoms. The largest absolute Gasteiger partial charge is 0.497 e. The average Bonchev–Trinajstić information content (AvgIpc) is 2.95. The molecule has 1 atom stereocenters. The normalized spacial score (nSPS) is 11.8. The number of methoxy groups -OCH3 is 1. The standard InChI is InChI=1S/C17H19NO5/c1-5-14-15(10(2)23-18-14)17(20)22-11(3)16(19)12-6-8-13(21-4)9-7-12/h6-9,11H,5H2,1-4H3/t11-/m0/s1. The molecule has 0 aliphatic rings. The average molecular weight is 317 g/mol. The van der Waals surface area contributed by atoms with Crippen molar-refractivity contribution in [2.24, 2.45) is 0 Å². The molecule has 0 spiro atoms. The molecule has 0 saturated carbocycles. The second-order valence-corrected chi connectivity index (χ2v) is 5.05. The molecule has 2 aromatic rings. The van der Waals surface area contributed by atoms with Crippen LogP contribution in [0.5, 0.6) is 5.75 Å². The summed E-state index contributed by atoms with van der Waals surface area (Å²) in [5.41, 5.74) is 1.27. The van der Waals surface area contributed by atoms with Crippen molar-refractivity contribution >= 4 is 11.8 Å². The fraction of sp³-hybridized carbons (Fsp3) is 0.353. The Morgan fingerprint density at radius 2 is 1.91 bits per heavy atom. The molecule has 0 bridgehead atoms. The van der Waals surface area contributed by atoms with Gasteiger partial charge in [-0.1, -0.05) is 12.1 Å². The number of carbonyl (C=O) groups is 2.